The van der Waals surface area contributed by atoms with Crippen molar-refractivity contribution >= 4 is 0 Å². The molecule has 1 heterocycles. The second kappa shape index (κ2) is 3.07. The van der Waals surface area contributed by atoms with Crippen LogP contribution < -0.4 is 15.2 Å². The number of para-hydroxylation sites is 1. The number of hydrogen-bond donors (Lipinski definition) is 1. The number of rotatable bonds is 2. The van der Waals surface area contributed by atoms with E-state index in [1.165, 1.54) is 6.07 Å². The van der Waals surface area contributed by atoms with E-state index in [2.05, 4.69) is 9.47 Å². The minimum atomic E-state index is -3.57. The van der Waals surface area contributed by atoms with Crippen molar-refractivity contribution in [3.63, 3.8) is 0 Å². The molecular weight excluding hydrogens is 216 g/mol. The molecule has 1 atom stereocenters. The molecule has 0 unspecified atom stereocenters. The average molecular weight is 227 g/mol. The molecular formula is C11H11F2NO2. The molecule has 1 saturated carbocycles. The lowest BCUT2D eigenvalue weighted by Gasteiger charge is -2.13. The van der Waals surface area contributed by atoms with E-state index >= 15 is 0 Å². The summed E-state index contributed by atoms with van der Waals surface area (Å²) >= 11 is 0. The minimum Gasteiger partial charge on any atom is -0.395 e. The number of ether oxygens (including phenoxy) is 2. The van der Waals surface area contributed by atoms with Crippen LogP contribution in [0.5, 0.6) is 11.5 Å². The van der Waals surface area contributed by atoms with Crippen molar-refractivity contribution in [2.75, 3.05) is 0 Å². The van der Waals surface area contributed by atoms with E-state index in [1.807, 2.05) is 0 Å². The summed E-state index contributed by atoms with van der Waals surface area (Å²) in [5, 5.41) is 0. The van der Waals surface area contributed by atoms with E-state index in [1.54, 1.807) is 12.1 Å². The number of fused-ring (bicyclic) bond motifs is 1. The van der Waals surface area contributed by atoms with Crippen LogP contribution in [-0.2, 0) is 0 Å². The van der Waals surface area contributed by atoms with Gasteiger partial charge >= 0.3 is 6.29 Å². The third-order valence-corrected chi connectivity index (χ3v) is 2.95. The molecule has 0 aromatic heterocycles. The summed E-state index contributed by atoms with van der Waals surface area (Å²) in [5.41, 5.74) is 6.59. The molecule has 0 saturated heterocycles. The fourth-order valence-electron chi connectivity index (χ4n) is 1.96. The van der Waals surface area contributed by atoms with E-state index in [0.29, 0.717) is 11.5 Å². The Bertz CT molecular complexity index is 432. The molecule has 1 aliphatic heterocycles. The van der Waals surface area contributed by atoms with Crippen LogP contribution in [0, 0.1) is 5.92 Å². The third-order valence-electron chi connectivity index (χ3n) is 2.95. The van der Waals surface area contributed by atoms with Gasteiger partial charge in [0.05, 0.1) is 0 Å². The molecule has 0 bridgehead atoms. The Morgan fingerprint density at radius 2 is 2.06 bits per heavy atom. The minimum absolute atomic E-state index is 0.0681. The second-order valence-corrected chi connectivity index (χ2v) is 4.21. The van der Waals surface area contributed by atoms with Crippen LogP contribution in [-0.4, -0.2) is 6.29 Å². The molecule has 1 aliphatic carbocycles. The second-order valence-electron chi connectivity index (χ2n) is 4.21. The summed E-state index contributed by atoms with van der Waals surface area (Å²) in [4.78, 5) is 0. The molecule has 0 amide bonds. The zero-order valence-corrected chi connectivity index (χ0v) is 8.45. The number of halogens is 2. The van der Waals surface area contributed by atoms with Crippen molar-refractivity contribution in [1.29, 1.82) is 0 Å². The van der Waals surface area contributed by atoms with Gasteiger partial charge in [-0.25, -0.2) is 0 Å². The lowest BCUT2D eigenvalue weighted by atomic mass is 10.0. The first-order valence-electron chi connectivity index (χ1n) is 5.21. The summed E-state index contributed by atoms with van der Waals surface area (Å²) in [6.07, 6.45) is -1.48. The largest absolute Gasteiger partial charge is 0.586 e. The van der Waals surface area contributed by atoms with E-state index in [-0.39, 0.29) is 17.5 Å². The molecule has 5 heteroatoms. The van der Waals surface area contributed by atoms with E-state index in [0.717, 1.165) is 12.8 Å². The van der Waals surface area contributed by atoms with Gasteiger partial charge in [-0.2, -0.15) is 0 Å². The summed E-state index contributed by atoms with van der Waals surface area (Å²) in [5.74, 6) is 0.537. The summed E-state index contributed by atoms with van der Waals surface area (Å²) in [7, 11) is 0. The maximum absolute atomic E-state index is 12.9. The van der Waals surface area contributed by atoms with Gasteiger partial charge in [0.15, 0.2) is 11.5 Å². The van der Waals surface area contributed by atoms with Crippen LogP contribution in [0.2, 0.25) is 0 Å². The normalized spacial score (nSPS) is 23.2. The zero-order chi connectivity index (χ0) is 11.3. The van der Waals surface area contributed by atoms with Crippen molar-refractivity contribution in [2.45, 2.75) is 25.2 Å². The molecule has 1 aromatic carbocycles. The highest BCUT2D eigenvalue weighted by atomic mass is 19.3. The van der Waals surface area contributed by atoms with Crippen LogP contribution in [0.25, 0.3) is 0 Å². The van der Waals surface area contributed by atoms with Crippen LogP contribution in [0.15, 0.2) is 18.2 Å². The molecule has 2 aliphatic rings. The Labute approximate surface area is 91.1 Å². The quantitative estimate of drug-likeness (QED) is 0.843. The highest BCUT2D eigenvalue weighted by molar-refractivity contribution is 5.50. The van der Waals surface area contributed by atoms with Crippen LogP contribution in [0.4, 0.5) is 8.78 Å². The Kier molecular flexibility index (Phi) is 1.89. The smallest absolute Gasteiger partial charge is 0.395 e. The molecule has 1 aromatic rings. The highest BCUT2D eigenvalue weighted by Gasteiger charge is 2.45. The van der Waals surface area contributed by atoms with Gasteiger partial charge in [-0.3, -0.25) is 0 Å². The van der Waals surface area contributed by atoms with Gasteiger partial charge in [0.1, 0.15) is 0 Å². The van der Waals surface area contributed by atoms with Crippen molar-refractivity contribution in [1.82, 2.24) is 0 Å². The summed E-state index contributed by atoms with van der Waals surface area (Å²) in [6, 6.07) is 4.58. The lowest BCUT2D eigenvalue weighted by molar-refractivity contribution is -0.287. The van der Waals surface area contributed by atoms with Gasteiger partial charge in [0, 0.05) is 11.6 Å². The molecule has 0 radical (unpaired) electrons. The first-order chi connectivity index (χ1) is 7.57. The SMILES string of the molecule is N[C@H](c1cccc2c1OC(F)(F)O2)C1CC1. The van der Waals surface area contributed by atoms with Gasteiger partial charge in [-0.1, -0.05) is 12.1 Å². The van der Waals surface area contributed by atoms with Gasteiger partial charge < -0.3 is 15.2 Å². The molecule has 3 rings (SSSR count). The topological polar surface area (TPSA) is 44.5 Å². The van der Waals surface area contributed by atoms with Gasteiger partial charge in [0.25, 0.3) is 0 Å². The third kappa shape index (κ3) is 1.51. The first kappa shape index (κ1) is 9.84. The van der Waals surface area contributed by atoms with E-state index in [4.69, 9.17) is 5.73 Å². The van der Waals surface area contributed by atoms with Gasteiger partial charge in [-0.15, -0.1) is 8.78 Å². The summed E-state index contributed by atoms with van der Waals surface area (Å²) < 4.78 is 34.7. The van der Waals surface area contributed by atoms with Gasteiger partial charge in [-0.05, 0) is 24.8 Å². The predicted molar refractivity (Wildman–Crippen MR) is 52.3 cm³/mol. The maximum Gasteiger partial charge on any atom is 0.586 e. The van der Waals surface area contributed by atoms with Crippen molar-refractivity contribution < 1.29 is 18.3 Å². The van der Waals surface area contributed by atoms with E-state index in [9.17, 15) is 8.78 Å². The van der Waals surface area contributed by atoms with Crippen molar-refractivity contribution in [3.05, 3.63) is 23.8 Å². The van der Waals surface area contributed by atoms with Crippen molar-refractivity contribution in [2.24, 2.45) is 11.7 Å². The lowest BCUT2D eigenvalue weighted by Crippen LogP contribution is -2.26. The Morgan fingerprint density at radius 1 is 1.31 bits per heavy atom. The fourth-order valence-corrected chi connectivity index (χ4v) is 1.96. The predicted octanol–water partition coefficient (Wildman–Crippen LogP) is 2.42. The molecule has 3 nitrogen and oxygen atoms in total. The molecule has 16 heavy (non-hydrogen) atoms. The monoisotopic (exact) mass is 227 g/mol. The Morgan fingerprint density at radius 3 is 2.75 bits per heavy atom. The zero-order valence-electron chi connectivity index (χ0n) is 8.45. The number of nitrogens with two attached hydrogens (primary N) is 1. The fraction of sp³-hybridized carbons (Fsp3) is 0.455. The van der Waals surface area contributed by atoms with Crippen LogP contribution in [0.1, 0.15) is 24.4 Å². The number of benzene rings is 1. The van der Waals surface area contributed by atoms with E-state index < -0.39 is 6.29 Å². The highest BCUT2D eigenvalue weighted by Crippen LogP contribution is 2.49. The molecule has 2 N–H and O–H groups in total. The maximum atomic E-state index is 12.9. The van der Waals surface area contributed by atoms with Crippen LogP contribution >= 0.6 is 0 Å². The Hall–Kier alpha value is -1.36. The number of alkyl halides is 2. The first-order valence-corrected chi connectivity index (χ1v) is 5.21. The summed E-state index contributed by atoms with van der Waals surface area (Å²) in [6.45, 7) is 0. The molecule has 0 spiro atoms. The van der Waals surface area contributed by atoms with Crippen molar-refractivity contribution in [3.8, 4) is 11.5 Å². The molecule has 86 valence electrons. The number of hydrogen-bond acceptors (Lipinski definition) is 3. The van der Waals surface area contributed by atoms with Crippen LogP contribution in [0.3, 0.4) is 0 Å². The molecule has 1 fully saturated rings. The standard InChI is InChI=1S/C11H11F2NO2/c12-11(13)15-8-3-1-2-7(10(8)16-11)9(14)6-4-5-6/h1-3,6,9H,4-5,14H2/t9-/m0/s1. The average Bonchev–Trinajstić information content (AvgIpc) is 2.98. The Balaban J connectivity index is 1.99. The van der Waals surface area contributed by atoms with Gasteiger partial charge in [0.2, 0.25) is 0 Å².